The molecule has 0 aliphatic rings. The molecule has 0 unspecified atom stereocenters. The second kappa shape index (κ2) is 12.0. The van der Waals surface area contributed by atoms with Crippen molar-refractivity contribution in [2.75, 3.05) is 0 Å². The fourth-order valence-electron chi connectivity index (χ4n) is 6.97. The highest BCUT2D eigenvalue weighted by atomic mass is 15.4. The Balaban J connectivity index is 1.79. The van der Waals surface area contributed by atoms with Crippen LogP contribution in [0.15, 0.2) is 96.6 Å². The molecule has 7 heteroatoms. The summed E-state index contributed by atoms with van der Waals surface area (Å²) in [6, 6.07) is 23.9. The van der Waals surface area contributed by atoms with E-state index in [1.807, 2.05) is 12.4 Å². The molecule has 0 aliphatic carbocycles. The predicted octanol–water partition coefficient (Wildman–Crippen LogP) is 9.57. The number of hydrogen-bond donors (Lipinski definition) is 0. The summed E-state index contributed by atoms with van der Waals surface area (Å²) in [5.41, 5.74) is 11.5. The van der Waals surface area contributed by atoms with Gasteiger partial charge < -0.3 is 0 Å². The maximum Gasteiger partial charge on any atom is 0.240 e. The molecule has 7 aromatic rings. The van der Waals surface area contributed by atoms with Crippen LogP contribution in [-0.4, -0.2) is 28.8 Å². The SMILES string of the molecule is CC(C)c1cccc(C(C)C)c1-n1c(=Nn2c3ccccc3c3ccncc32)n(-c2c(C(C)C)cccc2C(C)C)c2nccnc21. The zero-order valence-corrected chi connectivity index (χ0v) is 28.6. The highest BCUT2D eigenvalue weighted by molar-refractivity contribution is 6.07. The van der Waals surface area contributed by atoms with Crippen LogP contribution in [0.3, 0.4) is 0 Å². The summed E-state index contributed by atoms with van der Waals surface area (Å²) in [4.78, 5) is 14.7. The van der Waals surface area contributed by atoms with Crippen LogP contribution in [0.1, 0.15) is 101 Å². The first-order valence-corrected chi connectivity index (χ1v) is 16.8. The van der Waals surface area contributed by atoms with Crippen LogP contribution in [0.5, 0.6) is 0 Å². The molecule has 0 fully saturated rings. The molecule has 0 atom stereocenters. The summed E-state index contributed by atoms with van der Waals surface area (Å²) >= 11 is 0. The van der Waals surface area contributed by atoms with Crippen molar-refractivity contribution in [1.82, 2.24) is 28.8 Å². The lowest BCUT2D eigenvalue weighted by atomic mass is 9.92. The van der Waals surface area contributed by atoms with Crippen LogP contribution >= 0.6 is 0 Å². The maximum absolute atomic E-state index is 5.67. The highest BCUT2D eigenvalue weighted by Crippen LogP contribution is 2.36. The van der Waals surface area contributed by atoms with Gasteiger partial charge in [0, 0.05) is 29.4 Å². The smallest absolute Gasteiger partial charge is 0.240 e. The van der Waals surface area contributed by atoms with Gasteiger partial charge in [-0.25, -0.2) is 14.6 Å². The molecule has 0 saturated carbocycles. The minimum atomic E-state index is 0.269. The number of nitrogens with zero attached hydrogens (tertiary/aromatic N) is 7. The topological polar surface area (TPSA) is 65.8 Å². The molecule has 0 spiro atoms. The summed E-state index contributed by atoms with van der Waals surface area (Å²) < 4.78 is 6.59. The first-order chi connectivity index (χ1) is 22.7. The van der Waals surface area contributed by atoms with Crippen molar-refractivity contribution in [1.29, 1.82) is 0 Å². The lowest BCUT2D eigenvalue weighted by molar-refractivity contribution is 0.736. The summed E-state index contributed by atoms with van der Waals surface area (Å²) in [6.45, 7) is 18.1. The van der Waals surface area contributed by atoms with Crippen LogP contribution in [-0.2, 0) is 0 Å². The molecule has 0 bridgehead atoms. The molecule has 0 amide bonds. The molecule has 238 valence electrons. The second-order valence-electron chi connectivity index (χ2n) is 13.7. The zero-order chi connectivity index (χ0) is 33.0. The Morgan fingerprint density at radius 3 is 1.47 bits per heavy atom. The zero-order valence-electron chi connectivity index (χ0n) is 28.6. The molecule has 0 N–H and O–H groups in total. The van der Waals surface area contributed by atoms with E-state index in [1.54, 1.807) is 12.4 Å². The summed E-state index contributed by atoms with van der Waals surface area (Å²) in [5.74, 6) is 1.08. The van der Waals surface area contributed by atoms with Crippen molar-refractivity contribution < 1.29 is 0 Å². The maximum atomic E-state index is 5.67. The van der Waals surface area contributed by atoms with Crippen molar-refractivity contribution >= 4 is 33.1 Å². The van der Waals surface area contributed by atoms with E-state index in [9.17, 15) is 0 Å². The number of pyridine rings is 1. The average Bonchev–Trinajstić information content (AvgIpc) is 3.56. The largest absolute Gasteiger partial charge is 0.262 e. The Kier molecular flexibility index (Phi) is 7.79. The molecule has 47 heavy (non-hydrogen) atoms. The average molecular weight is 622 g/mol. The third-order valence-electron chi connectivity index (χ3n) is 9.26. The van der Waals surface area contributed by atoms with Gasteiger partial charge in [0.05, 0.1) is 28.6 Å². The van der Waals surface area contributed by atoms with Gasteiger partial charge in [0.1, 0.15) is 0 Å². The molecule has 4 aromatic heterocycles. The first-order valence-electron chi connectivity index (χ1n) is 16.8. The van der Waals surface area contributed by atoms with Gasteiger partial charge in [0.2, 0.25) is 5.62 Å². The summed E-state index contributed by atoms with van der Waals surface area (Å²) in [5, 5.41) is 7.92. The van der Waals surface area contributed by atoms with Gasteiger partial charge in [-0.1, -0.05) is 110 Å². The number of rotatable bonds is 7. The monoisotopic (exact) mass is 621 g/mol. The molecule has 0 radical (unpaired) electrons. The van der Waals surface area contributed by atoms with Crippen molar-refractivity contribution in [2.45, 2.75) is 79.1 Å². The van der Waals surface area contributed by atoms with Crippen LogP contribution in [0.25, 0.3) is 44.5 Å². The molecular formula is C40H43N7. The fraction of sp³-hybridized carbons (Fsp3) is 0.300. The van der Waals surface area contributed by atoms with E-state index in [0.29, 0.717) is 0 Å². The number of aromatic nitrogens is 6. The Bertz CT molecular complexity index is 2120. The third kappa shape index (κ3) is 4.96. The van der Waals surface area contributed by atoms with Gasteiger partial charge >= 0.3 is 0 Å². The van der Waals surface area contributed by atoms with Gasteiger partial charge in [-0.05, 0) is 58.1 Å². The lowest BCUT2D eigenvalue weighted by Gasteiger charge is -2.22. The van der Waals surface area contributed by atoms with Crippen LogP contribution in [0.4, 0.5) is 0 Å². The van der Waals surface area contributed by atoms with Crippen LogP contribution in [0, 0.1) is 0 Å². The highest BCUT2D eigenvalue weighted by Gasteiger charge is 2.27. The molecule has 0 aliphatic heterocycles. The number of fused-ring (bicyclic) bond motifs is 4. The van der Waals surface area contributed by atoms with E-state index in [4.69, 9.17) is 15.1 Å². The van der Waals surface area contributed by atoms with Gasteiger partial charge in [-0.2, -0.15) is 0 Å². The molecule has 7 rings (SSSR count). The van der Waals surface area contributed by atoms with Crippen molar-refractivity contribution in [3.8, 4) is 11.4 Å². The lowest BCUT2D eigenvalue weighted by Crippen LogP contribution is -2.29. The molecule has 3 aromatic carbocycles. The van der Waals surface area contributed by atoms with E-state index >= 15 is 0 Å². The quantitative estimate of drug-likeness (QED) is 0.178. The van der Waals surface area contributed by atoms with Gasteiger partial charge in [-0.3, -0.25) is 14.1 Å². The Labute approximate surface area is 276 Å². The first kappa shape index (κ1) is 30.6. The Morgan fingerprint density at radius 2 is 0.979 bits per heavy atom. The van der Waals surface area contributed by atoms with E-state index < -0.39 is 0 Å². The minimum absolute atomic E-state index is 0.269. The fourth-order valence-corrected chi connectivity index (χ4v) is 6.97. The van der Waals surface area contributed by atoms with E-state index in [-0.39, 0.29) is 23.7 Å². The second-order valence-corrected chi connectivity index (χ2v) is 13.7. The number of hydrogen-bond acceptors (Lipinski definition) is 4. The molecule has 4 heterocycles. The van der Waals surface area contributed by atoms with E-state index in [0.717, 1.165) is 50.1 Å². The third-order valence-corrected chi connectivity index (χ3v) is 9.26. The van der Waals surface area contributed by atoms with E-state index in [2.05, 4.69) is 141 Å². The normalized spacial score (nSPS) is 12.2. The molecule has 7 nitrogen and oxygen atoms in total. The summed E-state index contributed by atoms with van der Waals surface area (Å²) in [7, 11) is 0. The van der Waals surface area contributed by atoms with Crippen LogP contribution in [0.2, 0.25) is 0 Å². The number of imidazole rings is 1. The minimum Gasteiger partial charge on any atom is -0.262 e. The number of benzene rings is 3. The molecule has 0 saturated heterocycles. The van der Waals surface area contributed by atoms with Gasteiger partial charge in [-0.15, -0.1) is 5.10 Å². The summed E-state index contributed by atoms with van der Waals surface area (Å²) in [6.07, 6.45) is 7.35. The standard InChI is InChI=1S/C40H43N7/c1-24(2)28-14-11-15-29(25(3)4)36(28)45-38-39(43-22-21-42-38)46(37-30(26(5)6)16-12-17-31(37)27(7)8)40(45)44-47-34-18-10-9-13-32(34)33-19-20-41-23-35(33)47/h9-27H,1-8H3. The van der Waals surface area contributed by atoms with Gasteiger partial charge in [0.15, 0.2) is 11.3 Å². The van der Waals surface area contributed by atoms with E-state index in [1.165, 1.54) is 22.3 Å². The van der Waals surface area contributed by atoms with Crippen molar-refractivity contribution in [3.05, 3.63) is 119 Å². The predicted molar refractivity (Wildman–Crippen MR) is 193 cm³/mol. The Hall–Kier alpha value is -5.04. The van der Waals surface area contributed by atoms with Crippen molar-refractivity contribution in [3.63, 3.8) is 0 Å². The molecular weight excluding hydrogens is 578 g/mol. The van der Waals surface area contributed by atoms with Crippen molar-refractivity contribution in [2.24, 2.45) is 5.10 Å². The number of para-hydroxylation sites is 3. The van der Waals surface area contributed by atoms with Crippen LogP contribution < -0.4 is 5.62 Å². The Morgan fingerprint density at radius 1 is 0.511 bits per heavy atom. The van der Waals surface area contributed by atoms with Gasteiger partial charge in [0.25, 0.3) is 0 Å².